The van der Waals surface area contributed by atoms with Gasteiger partial charge in [-0.05, 0) is 37.5 Å². The molecular formula is C15H23N3O2. The first-order chi connectivity index (χ1) is 9.67. The maximum Gasteiger partial charge on any atom is 0.316 e. The Morgan fingerprint density at radius 1 is 1.45 bits per heavy atom. The van der Waals surface area contributed by atoms with Crippen molar-refractivity contribution in [2.75, 3.05) is 17.2 Å². The van der Waals surface area contributed by atoms with Crippen LogP contribution in [0.1, 0.15) is 32.6 Å². The smallest absolute Gasteiger partial charge is 0.316 e. The molecule has 0 radical (unpaired) electrons. The van der Waals surface area contributed by atoms with Gasteiger partial charge in [0.2, 0.25) is 0 Å². The van der Waals surface area contributed by atoms with E-state index in [1.54, 1.807) is 0 Å². The van der Waals surface area contributed by atoms with Gasteiger partial charge in [0.1, 0.15) is 0 Å². The first kappa shape index (κ1) is 14.7. The van der Waals surface area contributed by atoms with Crippen LogP contribution in [-0.2, 0) is 4.74 Å². The van der Waals surface area contributed by atoms with Crippen molar-refractivity contribution in [2.24, 2.45) is 5.73 Å². The van der Waals surface area contributed by atoms with Crippen molar-refractivity contribution in [1.29, 1.82) is 0 Å². The molecule has 0 bridgehead atoms. The summed E-state index contributed by atoms with van der Waals surface area (Å²) in [5.41, 5.74) is 6.83. The molecule has 0 spiro atoms. The highest BCUT2D eigenvalue weighted by Crippen LogP contribution is 2.23. The van der Waals surface area contributed by atoms with Crippen molar-refractivity contribution in [3.63, 3.8) is 0 Å². The number of ether oxygens (including phenoxy) is 1. The van der Waals surface area contributed by atoms with Gasteiger partial charge in [-0.25, -0.2) is 4.79 Å². The molecule has 5 nitrogen and oxygen atoms in total. The fourth-order valence-electron chi connectivity index (χ4n) is 2.60. The fourth-order valence-corrected chi connectivity index (χ4v) is 2.60. The number of rotatable bonds is 5. The van der Waals surface area contributed by atoms with Crippen LogP contribution in [0.25, 0.3) is 0 Å². The molecule has 0 saturated carbocycles. The molecule has 1 fully saturated rings. The number of nitrogens with two attached hydrogens (primary N) is 1. The summed E-state index contributed by atoms with van der Waals surface area (Å²) >= 11 is 0. The quantitative estimate of drug-likeness (QED) is 0.774. The number of nitrogens with one attached hydrogen (secondary N) is 2. The highest BCUT2D eigenvalue weighted by molar-refractivity contribution is 5.88. The number of amides is 2. The van der Waals surface area contributed by atoms with E-state index >= 15 is 0 Å². The number of carbonyl (C=O) groups excluding carboxylic acids is 1. The van der Waals surface area contributed by atoms with E-state index in [9.17, 15) is 4.79 Å². The normalized spacial score (nSPS) is 22.2. The van der Waals surface area contributed by atoms with Gasteiger partial charge in [0.25, 0.3) is 0 Å². The van der Waals surface area contributed by atoms with Gasteiger partial charge in [0.05, 0.1) is 6.10 Å². The Hall–Kier alpha value is -1.75. The first-order valence-electron chi connectivity index (χ1n) is 7.22. The van der Waals surface area contributed by atoms with Crippen LogP contribution < -0.4 is 16.4 Å². The predicted octanol–water partition coefficient (Wildman–Crippen LogP) is 2.94. The molecule has 2 atom stereocenters. The molecule has 4 N–H and O–H groups in total. The van der Waals surface area contributed by atoms with Crippen molar-refractivity contribution in [2.45, 2.75) is 44.8 Å². The third-order valence-electron chi connectivity index (χ3n) is 3.48. The molecule has 0 aromatic heterocycles. The maximum absolute atomic E-state index is 10.9. The fraction of sp³-hybridized carbons (Fsp3) is 0.533. The van der Waals surface area contributed by atoms with E-state index in [4.69, 9.17) is 10.5 Å². The van der Waals surface area contributed by atoms with Gasteiger partial charge in [0.15, 0.2) is 0 Å². The van der Waals surface area contributed by atoms with Crippen LogP contribution in [-0.4, -0.2) is 24.8 Å². The summed E-state index contributed by atoms with van der Waals surface area (Å²) in [5.74, 6) is 0. The minimum atomic E-state index is -0.545. The van der Waals surface area contributed by atoms with Crippen molar-refractivity contribution in [3.8, 4) is 0 Å². The second-order valence-corrected chi connectivity index (χ2v) is 5.22. The van der Waals surface area contributed by atoms with Crippen molar-refractivity contribution >= 4 is 17.4 Å². The Labute approximate surface area is 119 Å². The monoisotopic (exact) mass is 277 g/mol. The van der Waals surface area contributed by atoms with Crippen molar-refractivity contribution in [1.82, 2.24) is 0 Å². The molecule has 2 amide bonds. The molecule has 110 valence electrons. The van der Waals surface area contributed by atoms with E-state index < -0.39 is 6.03 Å². The zero-order valence-electron chi connectivity index (χ0n) is 11.9. The number of hydrogen-bond acceptors (Lipinski definition) is 3. The summed E-state index contributed by atoms with van der Waals surface area (Å²) in [6.07, 6.45) is 4.66. The maximum atomic E-state index is 10.9. The third-order valence-corrected chi connectivity index (χ3v) is 3.48. The second-order valence-electron chi connectivity index (χ2n) is 5.22. The molecule has 20 heavy (non-hydrogen) atoms. The summed E-state index contributed by atoms with van der Waals surface area (Å²) in [7, 11) is 0. The third kappa shape index (κ3) is 4.42. The van der Waals surface area contributed by atoms with Gasteiger partial charge in [-0.1, -0.05) is 19.4 Å². The molecule has 0 aliphatic carbocycles. The molecule has 1 heterocycles. The summed E-state index contributed by atoms with van der Waals surface area (Å²) < 4.78 is 5.75. The molecule has 1 aliphatic rings. The zero-order valence-corrected chi connectivity index (χ0v) is 11.9. The highest BCUT2D eigenvalue weighted by atomic mass is 16.5. The molecule has 1 saturated heterocycles. The van der Waals surface area contributed by atoms with E-state index in [-0.39, 0.29) is 0 Å². The largest absolute Gasteiger partial charge is 0.382 e. The van der Waals surface area contributed by atoms with Crippen molar-refractivity contribution < 1.29 is 9.53 Å². The second kappa shape index (κ2) is 7.14. The van der Waals surface area contributed by atoms with Crippen LogP contribution in [0.4, 0.5) is 16.2 Å². The van der Waals surface area contributed by atoms with E-state index in [1.165, 1.54) is 0 Å². The van der Waals surface area contributed by atoms with E-state index in [0.29, 0.717) is 17.8 Å². The molecule has 1 aromatic carbocycles. The summed E-state index contributed by atoms with van der Waals surface area (Å²) in [4.78, 5) is 10.9. The van der Waals surface area contributed by atoms with Gasteiger partial charge < -0.3 is 21.1 Å². The molecule has 2 rings (SSSR count). The van der Waals surface area contributed by atoms with Crippen LogP contribution in [0.15, 0.2) is 24.3 Å². The molecule has 2 unspecified atom stereocenters. The topological polar surface area (TPSA) is 76.4 Å². The number of carbonyl (C=O) groups is 1. The summed E-state index contributed by atoms with van der Waals surface area (Å²) in [6.45, 7) is 2.99. The Bertz CT molecular complexity index is 448. The standard InChI is InChI=1S/C15H23N3O2/c1-2-4-14-10-13(7-8-20-14)17-11-5-3-6-12(9-11)18-15(16)19/h3,5-6,9,13-14,17H,2,4,7-8,10H2,1H3,(H3,16,18,19). The van der Waals surface area contributed by atoms with Gasteiger partial charge in [-0.15, -0.1) is 0 Å². The Balaban J connectivity index is 1.93. The van der Waals surface area contributed by atoms with Gasteiger partial charge >= 0.3 is 6.03 Å². The van der Waals surface area contributed by atoms with Crippen LogP contribution >= 0.6 is 0 Å². The Morgan fingerprint density at radius 3 is 3.00 bits per heavy atom. The summed E-state index contributed by atoms with van der Waals surface area (Å²) in [6, 6.07) is 7.49. The lowest BCUT2D eigenvalue weighted by atomic mass is 10.00. The predicted molar refractivity (Wildman–Crippen MR) is 80.9 cm³/mol. The Morgan fingerprint density at radius 2 is 2.25 bits per heavy atom. The van der Waals surface area contributed by atoms with Gasteiger partial charge in [-0.2, -0.15) is 0 Å². The minimum absolute atomic E-state index is 0.359. The highest BCUT2D eigenvalue weighted by Gasteiger charge is 2.21. The average Bonchev–Trinajstić information content (AvgIpc) is 2.39. The number of hydrogen-bond donors (Lipinski definition) is 3. The average molecular weight is 277 g/mol. The molecule has 1 aromatic rings. The molecule has 1 aliphatic heterocycles. The molecule has 5 heteroatoms. The SMILES string of the molecule is CCCC1CC(Nc2cccc(NC(N)=O)c2)CCO1. The lowest BCUT2D eigenvalue weighted by molar-refractivity contribution is 0.00598. The Kier molecular flexibility index (Phi) is 5.24. The van der Waals surface area contributed by atoms with E-state index in [1.807, 2.05) is 24.3 Å². The minimum Gasteiger partial charge on any atom is -0.382 e. The summed E-state index contributed by atoms with van der Waals surface area (Å²) in [5, 5.41) is 6.10. The lowest BCUT2D eigenvalue weighted by Gasteiger charge is -2.30. The zero-order chi connectivity index (χ0) is 14.4. The number of benzene rings is 1. The molecular weight excluding hydrogens is 254 g/mol. The van der Waals surface area contributed by atoms with Crippen LogP contribution in [0.2, 0.25) is 0 Å². The number of anilines is 2. The van der Waals surface area contributed by atoms with E-state index in [2.05, 4.69) is 17.6 Å². The van der Waals surface area contributed by atoms with Gasteiger partial charge in [-0.3, -0.25) is 0 Å². The van der Waals surface area contributed by atoms with Gasteiger partial charge in [0, 0.05) is 24.0 Å². The lowest BCUT2D eigenvalue weighted by Crippen LogP contribution is -2.34. The van der Waals surface area contributed by atoms with Crippen molar-refractivity contribution in [3.05, 3.63) is 24.3 Å². The number of primary amides is 1. The van der Waals surface area contributed by atoms with Crippen LogP contribution in [0.5, 0.6) is 0 Å². The van der Waals surface area contributed by atoms with Crippen LogP contribution in [0, 0.1) is 0 Å². The van der Waals surface area contributed by atoms with E-state index in [0.717, 1.165) is 38.0 Å². The number of urea groups is 1. The first-order valence-corrected chi connectivity index (χ1v) is 7.22. The van der Waals surface area contributed by atoms with Crippen LogP contribution in [0.3, 0.4) is 0 Å².